The zero-order valence-electron chi connectivity index (χ0n) is 3.98. The summed E-state index contributed by atoms with van der Waals surface area (Å²) < 4.78 is 0. The van der Waals surface area contributed by atoms with Crippen molar-refractivity contribution in [2.24, 2.45) is 0 Å². The van der Waals surface area contributed by atoms with E-state index in [1.165, 1.54) is 11.5 Å². The smallest absolute Gasteiger partial charge is 0.0250 e. The average Bonchev–Trinajstić information content (AvgIpc) is 2.14. The molecular formula is C5H7BrS. The molecule has 0 saturated heterocycles. The molecule has 0 nitrogen and oxygen atoms in total. The minimum Gasteiger partial charge on any atom is -0.153 e. The fourth-order valence-corrected chi connectivity index (χ4v) is 2.16. The van der Waals surface area contributed by atoms with Gasteiger partial charge in [-0.1, -0.05) is 27.6 Å². The predicted octanol–water partition coefficient (Wildman–Crippen LogP) is 2.05. The topological polar surface area (TPSA) is 0 Å². The third kappa shape index (κ3) is 1.50. The fraction of sp³-hybridized carbons (Fsp3) is 0.600. The zero-order valence-corrected chi connectivity index (χ0v) is 6.39. The van der Waals surface area contributed by atoms with Gasteiger partial charge in [0.15, 0.2) is 0 Å². The Labute approximate surface area is 56.5 Å². The van der Waals surface area contributed by atoms with Crippen LogP contribution in [0, 0.1) is 0 Å². The van der Waals surface area contributed by atoms with E-state index in [1.807, 2.05) is 11.8 Å². The van der Waals surface area contributed by atoms with E-state index < -0.39 is 0 Å². The first kappa shape index (κ1) is 5.70. The van der Waals surface area contributed by atoms with E-state index in [0.717, 1.165) is 5.33 Å². The molecule has 0 aromatic carbocycles. The van der Waals surface area contributed by atoms with Crippen LogP contribution < -0.4 is 0 Å². The molecule has 0 atom stereocenters. The maximum atomic E-state index is 3.39. The summed E-state index contributed by atoms with van der Waals surface area (Å²) in [6.07, 6.45) is 2.29. The van der Waals surface area contributed by atoms with Crippen LogP contribution in [0.1, 0.15) is 0 Å². The first-order valence-electron chi connectivity index (χ1n) is 2.25. The van der Waals surface area contributed by atoms with Gasteiger partial charge in [0.1, 0.15) is 0 Å². The lowest BCUT2D eigenvalue weighted by molar-refractivity contribution is 1.46. The number of alkyl halides is 1. The Bertz CT molecular complexity index is 88.1. The van der Waals surface area contributed by atoms with Crippen molar-refractivity contribution in [3.63, 3.8) is 0 Å². The standard InChI is InChI=1S/C5H7BrS/c6-3-5-1-2-7-4-5/h1H,2-4H2. The van der Waals surface area contributed by atoms with Crippen LogP contribution in [0.5, 0.6) is 0 Å². The van der Waals surface area contributed by atoms with Crippen LogP contribution in [0.25, 0.3) is 0 Å². The highest BCUT2D eigenvalue weighted by Crippen LogP contribution is 2.17. The molecule has 0 saturated carbocycles. The van der Waals surface area contributed by atoms with Gasteiger partial charge in [-0.05, 0) is 0 Å². The molecule has 0 aromatic rings. The summed E-state index contributed by atoms with van der Waals surface area (Å²) in [4.78, 5) is 0. The predicted molar refractivity (Wildman–Crippen MR) is 39.2 cm³/mol. The molecule has 0 aliphatic carbocycles. The second-order valence-electron chi connectivity index (χ2n) is 1.51. The number of hydrogen-bond donors (Lipinski definition) is 0. The lowest BCUT2D eigenvalue weighted by Crippen LogP contribution is -1.79. The molecular weight excluding hydrogens is 172 g/mol. The third-order valence-electron chi connectivity index (χ3n) is 0.949. The molecule has 0 aromatic heterocycles. The summed E-state index contributed by atoms with van der Waals surface area (Å²) >= 11 is 5.38. The van der Waals surface area contributed by atoms with Gasteiger partial charge in [-0.15, -0.1) is 0 Å². The lowest BCUT2D eigenvalue weighted by atomic mass is 10.3. The Morgan fingerprint density at radius 3 is 3.00 bits per heavy atom. The van der Waals surface area contributed by atoms with Gasteiger partial charge in [0, 0.05) is 16.8 Å². The Kier molecular flexibility index (Phi) is 2.26. The van der Waals surface area contributed by atoms with Crippen LogP contribution in [-0.2, 0) is 0 Å². The van der Waals surface area contributed by atoms with Gasteiger partial charge in [0.05, 0.1) is 0 Å². The molecule has 1 rings (SSSR count). The number of halogens is 1. The molecule has 0 N–H and O–H groups in total. The van der Waals surface area contributed by atoms with Crippen molar-refractivity contribution in [3.05, 3.63) is 11.6 Å². The normalized spacial score (nSPS) is 19.9. The minimum atomic E-state index is 1.07. The highest BCUT2D eigenvalue weighted by molar-refractivity contribution is 9.09. The summed E-state index contributed by atoms with van der Waals surface area (Å²) in [6.45, 7) is 0. The van der Waals surface area contributed by atoms with Crippen molar-refractivity contribution in [1.82, 2.24) is 0 Å². The van der Waals surface area contributed by atoms with E-state index in [9.17, 15) is 0 Å². The average molecular weight is 179 g/mol. The van der Waals surface area contributed by atoms with E-state index in [1.54, 1.807) is 5.57 Å². The van der Waals surface area contributed by atoms with Gasteiger partial charge < -0.3 is 0 Å². The Morgan fingerprint density at radius 1 is 1.86 bits per heavy atom. The first-order chi connectivity index (χ1) is 3.43. The zero-order chi connectivity index (χ0) is 5.11. The van der Waals surface area contributed by atoms with Crippen molar-refractivity contribution >= 4 is 27.7 Å². The quantitative estimate of drug-likeness (QED) is 0.438. The summed E-state index contributed by atoms with van der Waals surface area (Å²) in [5.41, 5.74) is 1.55. The van der Waals surface area contributed by atoms with Crippen LogP contribution in [-0.4, -0.2) is 16.8 Å². The summed E-state index contributed by atoms with van der Waals surface area (Å²) in [7, 11) is 0. The maximum absolute atomic E-state index is 3.39. The summed E-state index contributed by atoms with van der Waals surface area (Å²) in [6, 6.07) is 0. The van der Waals surface area contributed by atoms with Crippen LogP contribution in [0.2, 0.25) is 0 Å². The molecule has 0 spiro atoms. The minimum absolute atomic E-state index is 1.07. The molecule has 0 fully saturated rings. The monoisotopic (exact) mass is 178 g/mol. The molecule has 1 aliphatic heterocycles. The highest BCUT2D eigenvalue weighted by Gasteiger charge is 2.00. The van der Waals surface area contributed by atoms with E-state index in [0.29, 0.717) is 0 Å². The second kappa shape index (κ2) is 2.78. The Morgan fingerprint density at radius 2 is 2.71 bits per heavy atom. The van der Waals surface area contributed by atoms with Gasteiger partial charge in [0.25, 0.3) is 0 Å². The molecule has 1 heterocycles. The third-order valence-corrected chi connectivity index (χ3v) is 2.65. The first-order valence-corrected chi connectivity index (χ1v) is 4.52. The molecule has 0 unspecified atom stereocenters. The van der Waals surface area contributed by atoms with Crippen LogP contribution in [0.15, 0.2) is 11.6 Å². The highest BCUT2D eigenvalue weighted by atomic mass is 79.9. The van der Waals surface area contributed by atoms with Crippen molar-refractivity contribution in [3.8, 4) is 0 Å². The molecule has 7 heavy (non-hydrogen) atoms. The van der Waals surface area contributed by atoms with Crippen molar-refractivity contribution in [1.29, 1.82) is 0 Å². The lowest BCUT2D eigenvalue weighted by Gasteiger charge is -1.86. The van der Waals surface area contributed by atoms with Crippen LogP contribution in [0.3, 0.4) is 0 Å². The number of rotatable bonds is 1. The molecule has 40 valence electrons. The van der Waals surface area contributed by atoms with Crippen molar-refractivity contribution < 1.29 is 0 Å². The van der Waals surface area contributed by atoms with Crippen LogP contribution >= 0.6 is 27.7 Å². The Balaban J connectivity index is 2.36. The summed E-state index contributed by atoms with van der Waals surface area (Å²) in [5, 5.41) is 1.07. The fourth-order valence-electron chi connectivity index (χ4n) is 0.519. The van der Waals surface area contributed by atoms with Crippen LogP contribution in [0.4, 0.5) is 0 Å². The second-order valence-corrected chi connectivity index (χ2v) is 3.10. The Hall–Kier alpha value is 0.570. The summed E-state index contributed by atoms with van der Waals surface area (Å²) in [5.74, 6) is 2.46. The number of thioether (sulfide) groups is 1. The van der Waals surface area contributed by atoms with Gasteiger partial charge in [-0.2, -0.15) is 11.8 Å². The molecule has 2 heteroatoms. The molecule has 0 radical (unpaired) electrons. The van der Waals surface area contributed by atoms with Crippen molar-refractivity contribution in [2.45, 2.75) is 0 Å². The van der Waals surface area contributed by atoms with E-state index in [4.69, 9.17) is 0 Å². The molecule has 0 amide bonds. The maximum Gasteiger partial charge on any atom is 0.0250 e. The van der Waals surface area contributed by atoms with E-state index in [-0.39, 0.29) is 0 Å². The molecule has 1 aliphatic rings. The molecule has 0 bridgehead atoms. The van der Waals surface area contributed by atoms with E-state index in [2.05, 4.69) is 22.0 Å². The SMILES string of the molecule is BrCC1=CCSC1. The van der Waals surface area contributed by atoms with Gasteiger partial charge in [-0.3, -0.25) is 0 Å². The van der Waals surface area contributed by atoms with Gasteiger partial charge in [0.2, 0.25) is 0 Å². The van der Waals surface area contributed by atoms with Gasteiger partial charge in [-0.25, -0.2) is 0 Å². The number of hydrogen-bond acceptors (Lipinski definition) is 1. The largest absolute Gasteiger partial charge is 0.153 e. The van der Waals surface area contributed by atoms with Crippen molar-refractivity contribution in [2.75, 3.05) is 16.8 Å². The van der Waals surface area contributed by atoms with Gasteiger partial charge >= 0.3 is 0 Å². The van der Waals surface area contributed by atoms with E-state index >= 15 is 0 Å².